The third-order valence-electron chi connectivity index (χ3n) is 22.0. The van der Waals surface area contributed by atoms with E-state index in [0.29, 0.717) is 52.9 Å². The van der Waals surface area contributed by atoms with E-state index >= 15 is 0 Å². The predicted octanol–water partition coefficient (Wildman–Crippen LogP) is 38.5. The Hall–Kier alpha value is 4.37. The van der Waals surface area contributed by atoms with Crippen LogP contribution in [0, 0.1) is 0 Å². The van der Waals surface area contributed by atoms with E-state index in [9.17, 15) is 0 Å². The summed E-state index contributed by atoms with van der Waals surface area (Å²) in [7, 11) is 0. The Bertz CT molecular complexity index is 1630. The SMILES string of the molecule is CCCCCCCCCCCCOP(=S)([S-])OCCCCCCCCCCCC.CCCCCCCCCCCCOP(=S)([S-])OCCCCCCCCCCCC.CCCCCCCCCCCCOP(=S)([S-])OCCCCCCCCCCCC.CCCCCCCCCCCCOP(=S)([S-])OCCCCCCCCCCCC.[Mo+4]. The van der Waals surface area contributed by atoms with Gasteiger partial charge in [0.05, 0.1) is 75.6 Å². The van der Waals surface area contributed by atoms with Crippen molar-refractivity contribution in [2.75, 3.05) is 52.9 Å². The average Bonchev–Trinajstić information content (AvgIpc) is 0.959. The Morgan fingerprint density at radius 1 is 0.128 bits per heavy atom. The molecule has 0 saturated heterocycles. The van der Waals surface area contributed by atoms with E-state index in [-0.39, 0.29) is 21.1 Å². The first-order chi connectivity index (χ1) is 56.5. The molecule has 0 aromatic carbocycles. The molecule has 0 aliphatic rings. The fourth-order valence-electron chi connectivity index (χ4n) is 14.3. The zero-order valence-electron chi connectivity index (χ0n) is 79.0. The van der Waals surface area contributed by atoms with Crippen LogP contribution in [0.4, 0.5) is 0 Å². The van der Waals surface area contributed by atoms with Gasteiger partial charge in [0.15, 0.2) is 0 Å². The van der Waals surface area contributed by atoms with Crippen LogP contribution in [0.25, 0.3) is 0 Å². The van der Waals surface area contributed by atoms with Crippen LogP contribution in [-0.2, 0) is 153 Å². The molecular formula is C96H200MoO8P4S8. The topological polar surface area (TPSA) is 73.8 Å². The molecule has 0 heterocycles. The zero-order valence-corrected chi connectivity index (χ0v) is 91.1. The van der Waals surface area contributed by atoms with E-state index in [1.165, 1.54) is 462 Å². The maximum absolute atomic E-state index is 5.71. The van der Waals surface area contributed by atoms with E-state index in [4.69, 9.17) is 132 Å². The third-order valence-corrected chi connectivity index (χ3v) is 31.0. The van der Waals surface area contributed by atoms with Gasteiger partial charge >= 0.3 is 21.1 Å². The molecule has 117 heavy (non-hydrogen) atoms. The standard InChI is InChI=1S/4C24H51O2PS2.Mo/c4*1-3-5-7-9-11-13-15-17-19-21-23-25-27(28,29)26-24-22-20-18-16-14-12-10-8-6-4-2;/h4*3-24H2,1-2H3,(H,28,29);/q;;;;+4/p-4. The molecule has 0 radical (unpaired) electrons. The maximum Gasteiger partial charge on any atom is 4.00 e. The monoisotopic (exact) mass is 1960 g/mol. The molecule has 8 nitrogen and oxygen atoms in total. The zero-order chi connectivity index (χ0) is 85.9. The Balaban J connectivity index is -0.000000475. The molecule has 0 N–H and O–H groups in total. The summed E-state index contributed by atoms with van der Waals surface area (Å²) in [4.78, 5) is 0. The van der Waals surface area contributed by atoms with Crippen molar-refractivity contribution in [2.45, 2.75) is 569 Å². The summed E-state index contributed by atoms with van der Waals surface area (Å²) in [5.41, 5.74) is -9.72. The first-order valence-electron chi connectivity index (χ1n) is 50.9. The van der Waals surface area contributed by atoms with E-state index in [1.807, 2.05) is 0 Å². The van der Waals surface area contributed by atoms with Crippen molar-refractivity contribution in [3.63, 3.8) is 0 Å². The van der Waals surface area contributed by atoms with Gasteiger partial charge in [-0.2, -0.15) is 0 Å². The van der Waals surface area contributed by atoms with Crippen molar-refractivity contribution in [3.05, 3.63) is 0 Å². The van der Waals surface area contributed by atoms with Gasteiger partial charge < -0.3 is 85.2 Å². The van der Waals surface area contributed by atoms with Crippen LogP contribution in [0.1, 0.15) is 569 Å². The molecular weight excluding hydrogens is 1760 g/mol. The Morgan fingerprint density at radius 3 is 0.256 bits per heavy atom. The molecule has 706 valence electrons. The minimum Gasteiger partial charge on any atom is -0.691 e. The second-order valence-corrected chi connectivity index (χ2v) is 53.9. The van der Waals surface area contributed by atoms with E-state index < -0.39 is 22.8 Å². The second kappa shape index (κ2) is 111. The van der Waals surface area contributed by atoms with Gasteiger partial charge in [0.1, 0.15) is 0 Å². The molecule has 0 bridgehead atoms. The fraction of sp³-hybridized carbons (Fsp3) is 1.00. The van der Waals surface area contributed by atoms with E-state index in [0.717, 1.165) is 51.4 Å². The maximum atomic E-state index is 5.71. The molecule has 0 spiro atoms. The third kappa shape index (κ3) is 125. The number of hydrogen-bond acceptors (Lipinski definition) is 16. The molecule has 0 amide bonds. The molecule has 0 aromatic rings. The molecule has 0 saturated carbocycles. The van der Waals surface area contributed by atoms with Gasteiger partial charge in [-0.3, -0.25) is 0 Å². The molecule has 0 aromatic heterocycles. The minimum absolute atomic E-state index is 0. The van der Waals surface area contributed by atoms with Crippen molar-refractivity contribution in [1.82, 2.24) is 0 Å². The van der Waals surface area contributed by atoms with Crippen molar-refractivity contribution >= 4 is 119 Å². The van der Waals surface area contributed by atoms with E-state index in [1.54, 1.807) is 0 Å². The van der Waals surface area contributed by atoms with Gasteiger partial charge in [-0.25, -0.2) is 0 Å². The first kappa shape index (κ1) is 130. The van der Waals surface area contributed by atoms with Crippen molar-refractivity contribution in [2.24, 2.45) is 0 Å². The number of rotatable bonds is 96. The van der Waals surface area contributed by atoms with Crippen LogP contribution in [-0.4, -0.2) is 52.9 Å². The van der Waals surface area contributed by atoms with Crippen LogP contribution >= 0.6 is 22.8 Å². The number of unbranched alkanes of at least 4 members (excludes halogenated alkanes) is 72. The summed E-state index contributed by atoms with van der Waals surface area (Å²) < 4.78 is 45.7. The molecule has 0 aliphatic heterocycles. The summed E-state index contributed by atoms with van der Waals surface area (Å²) >= 11 is 42.9. The van der Waals surface area contributed by atoms with Crippen LogP contribution in [0.15, 0.2) is 0 Å². The molecule has 0 fully saturated rings. The molecule has 0 atom stereocenters. The van der Waals surface area contributed by atoms with Gasteiger partial charge in [-0.05, 0) is 51.4 Å². The second-order valence-electron chi connectivity index (χ2n) is 33.9. The molecule has 0 aliphatic carbocycles. The normalized spacial score (nSPS) is 11.9. The summed E-state index contributed by atoms with van der Waals surface area (Å²) in [5.74, 6) is 0. The summed E-state index contributed by atoms with van der Waals surface area (Å²) in [6.45, 7) is 23.6. The van der Waals surface area contributed by atoms with Crippen LogP contribution in [0.2, 0.25) is 0 Å². The number of hydrogen-bond donors (Lipinski definition) is 0. The molecule has 0 rings (SSSR count). The van der Waals surface area contributed by atoms with Gasteiger partial charge in [0.2, 0.25) is 0 Å². The molecule has 0 unspecified atom stereocenters. The Morgan fingerprint density at radius 2 is 0.188 bits per heavy atom. The van der Waals surface area contributed by atoms with Gasteiger partial charge in [-0.1, -0.05) is 565 Å². The van der Waals surface area contributed by atoms with Crippen molar-refractivity contribution < 1.29 is 57.3 Å². The average molecular weight is 1960 g/mol. The summed E-state index contributed by atoms with van der Waals surface area (Å²) in [6, 6.07) is 0. The van der Waals surface area contributed by atoms with Crippen LogP contribution < -0.4 is 0 Å². The van der Waals surface area contributed by atoms with Gasteiger partial charge in [0, 0.05) is 0 Å². The summed E-state index contributed by atoms with van der Waals surface area (Å²) in [5, 5.41) is 0. The fourth-order valence-corrected chi connectivity index (χ4v) is 21.0. The van der Waals surface area contributed by atoms with Gasteiger partial charge in [0.25, 0.3) is 0 Å². The predicted molar refractivity (Wildman–Crippen MR) is 549 cm³/mol. The van der Waals surface area contributed by atoms with Gasteiger partial charge in [-0.15, -0.1) is 0 Å². The van der Waals surface area contributed by atoms with Crippen molar-refractivity contribution in [1.29, 1.82) is 0 Å². The van der Waals surface area contributed by atoms with Crippen molar-refractivity contribution in [3.8, 4) is 0 Å². The smallest absolute Gasteiger partial charge is 0.691 e. The first-order valence-corrected chi connectivity index (χ1v) is 65.5. The largest absolute Gasteiger partial charge is 4.00 e. The Kier molecular flexibility index (Phi) is 123. The minimum atomic E-state index is -2.43. The summed E-state index contributed by atoms with van der Waals surface area (Å²) in [6.07, 6.45) is 106. The van der Waals surface area contributed by atoms with Crippen LogP contribution in [0.3, 0.4) is 0 Å². The van der Waals surface area contributed by atoms with Crippen LogP contribution in [0.5, 0.6) is 0 Å². The Labute approximate surface area is 791 Å². The molecule has 21 heteroatoms. The quantitative estimate of drug-likeness (QED) is 0.0251. The van der Waals surface area contributed by atoms with E-state index in [2.05, 4.69) is 55.4 Å².